The quantitative estimate of drug-likeness (QED) is 0.539. The molecule has 0 unspecified atom stereocenters. The van der Waals surface area contributed by atoms with Crippen LogP contribution in [0.5, 0.6) is 5.75 Å². The molecule has 0 spiro atoms. The number of ketones is 1. The third-order valence-corrected chi connectivity index (χ3v) is 2.31. The summed E-state index contributed by atoms with van der Waals surface area (Å²) in [5.74, 6) is 3.54. The average Bonchev–Trinajstić information content (AvgIpc) is 2.29. The molecule has 16 heavy (non-hydrogen) atoms. The monoisotopic (exact) mass is 216 g/mol. The first-order valence-corrected chi connectivity index (χ1v) is 5.34. The highest BCUT2D eigenvalue weighted by molar-refractivity contribution is 5.80. The van der Waals surface area contributed by atoms with E-state index in [1.807, 2.05) is 24.3 Å². The van der Waals surface area contributed by atoms with Crippen LogP contribution in [0.4, 0.5) is 0 Å². The summed E-state index contributed by atoms with van der Waals surface area (Å²) in [5, 5.41) is 0. The van der Waals surface area contributed by atoms with Gasteiger partial charge in [-0.2, -0.15) is 0 Å². The molecule has 0 aliphatic heterocycles. The molecule has 0 saturated carbocycles. The molecule has 0 atom stereocenters. The first kappa shape index (κ1) is 12.3. The number of unbranched alkanes of at least 4 members (excludes halogenated alkanes) is 1. The summed E-state index contributed by atoms with van der Waals surface area (Å²) in [6, 6.07) is 7.58. The number of Topliss-reactive ketones (excluding diaryl/α,β-unsaturated/α-hetero) is 1. The lowest BCUT2D eigenvalue weighted by atomic mass is 10.0. The van der Waals surface area contributed by atoms with Gasteiger partial charge in [-0.3, -0.25) is 4.79 Å². The van der Waals surface area contributed by atoms with Crippen molar-refractivity contribution in [3.8, 4) is 18.1 Å². The normalized spacial score (nSPS) is 9.50. The number of methoxy groups -OCH3 is 1. The van der Waals surface area contributed by atoms with Crippen molar-refractivity contribution in [2.45, 2.75) is 25.7 Å². The van der Waals surface area contributed by atoms with Crippen LogP contribution in [0.15, 0.2) is 24.3 Å². The maximum absolute atomic E-state index is 11.6. The van der Waals surface area contributed by atoms with Gasteiger partial charge in [-0.25, -0.2) is 0 Å². The number of ether oxygens (including phenoxy) is 1. The maximum atomic E-state index is 11.6. The van der Waals surface area contributed by atoms with Crippen LogP contribution in [0.3, 0.4) is 0 Å². The third-order valence-electron chi connectivity index (χ3n) is 2.31. The van der Waals surface area contributed by atoms with Crippen molar-refractivity contribution in [3.05, 3.63) is 29.8 Å². The van der Waals surface area contributed by atoms with Gasteiger partial charge in [-0.15, -0.1) is 12.3 Å². The molecule has 0 radical (unpaired) electrons. The van der Waals surface area contributed by atoms with E-state index in [9.17, 15) is 4.79 Å². The molecule has 2 heteroatoms. The SMILES string of the molecule is C#CCCCC(=O)Cc1cccc(OC)c1. The second-order valence-electron chi connectivity index (χ2n) is 3.62. The van der Waals surface area contributed by atoms with Gasteiger partial charge in [0, 0.05) is 19.3 Å². The van der Waals surface area contributed by atoms with Crippen molar-refractivity contribution in [1.29, 1.82) is 0 Å². The summed E-state index contributed by atoms with van der Waals surface area (Å²) in [5.41, 5.74) is 0.991. The summed E-state index contributed by atoms with van der Waals surface area (Å²) in [6.45, 7) is 0. The second kappa shape index (κ2) is 6.68. The fourth-order valence-electron chi connectivity index (χ4n) is 1.49. The minimum atomic E-state index is 0.225. The average molecular weight is 216 g/mol. The van der Waals surface area contributed by atoms with Crippen molar-refractivity contribution < 1.29 is 9.53 Å². The van der Waals surface area contributed by atoms with Crippen molar-refractivity contribution in [1.82, 2.24) is 0 Å². The Morgan fingerprint density at radius 2 is 2.31 bits per heavy atom. The summed E-state index contributed by atoms with van der Waals surface area (Å²) in [7, 11) is 1.62. The number of hydrogen-bond acceptors (Lipinski definition) is 2. The topological polar surface area (TPSA) is 26.3 Å². The van der Waals surface area contributed by atoms with E-state index >= 15 is 0 Å². The fourth-order valence-corrected chi connectivity index (χ4v) is 1.49. The van der Waals surface area contributed by atoms with Crippen LogP contribution >= 0.6 is 0 Å². The molecule has 2 nitrogen and oxygen atoms in total. The smallest absolute Gasteiger partial charge is 0.137 e. The van der Waals surface area contributed by atoms with E-state index in [0.29, 0.717) is 19.3 Å². The minimum Gasteiger partial charge on any atom is -0.497 e. The van der Waals surface area contributed by atoms with E-state index in [0.717, 1.165) is 17.7 Å². The van der Waals surface area contributed by atoms with Crippen LogP contribution in [0.2, 0.25) is 0 Å². The van der Waals surface area contributed by atoms with Gasteiger partial charge in [0.15, 0.2) is 0 Å². The molecule has 1 rings (SSSR count). The Morgan fingerprint density at radius 1 is 1.50 bits per heavy atom. The Bertz CT molecular complexity index is 388. The molecular weight excluding hydrogens is 200 g/mol. The number of terminal acetylenes is 1. The lowest BCUT2D eigenvalue weighted by Crippen LogP contribution is -2.02. The highest BCUT2D eigenvalue weighted by Gasteiger charge is 2.04. The van der Waals surface area contributed by atoms with E-state index in [1.54, 1.807) is 7.11 Å². The fraction of sp³-hybridized carbons (Fsp3) is 0.357. The number of hydrogen-bond donors (Lipinski definition) is 0. The van der Waals surface area contributed by atoms with Crippen LogP contribution in [0.25, 0.3) is 0 Å². The van der Waals surface area contributed by atoms with Gasteiger partial charge in [0.05, 0.1) is 7.11 Å². The van der Waals surface area contributed by atoms with Crippen molar-refractivity contribution >= 4 is 5.78 Å². The van der Waals surface area contributed by atoms with Crippen LogP contribution in [-0.2, 0) is 11.2 Å². The molecule has 0 aliphatic rings. The first-order chi connectivity index (χ1) is 7.76. The molecule has 0 amide bonds. The molecule has 0 aliphatic carbocycles. The van der Waals surface area contributed by atoms with Crippen molar-refractivity contribution in [2.24, 2.45) is 0 Å². The van der Waals surface area contributed by atoms with Gasteiger partial charge in [0.2, 0.25) is 0 Å². The zero-order chi connectivity index (χ0) is 11.8. The molecule has 0 N–H and O–H groups in total. The minimum absolute atomic E-state index is 0.225. The Balaban J connectivity index is 2.46. The highest BCUT2D eigenvalue weighted by Crippen LogP contribution is 2.13. The predicted molar refractivity (Wildman–Crippen MR) is 64.4 cm³/mol. The zero-order valence-electron chi connectivity index (χ0n) is 9.53. The summed E-state index contributed by atoms with van der Waals surface area (Å²) >= 11 is 0. The van der Waals surface area contributed by atoms with E-state index in [2.05, 4.69) is 5.92 Å². The largest absolute Gasteiger partial charge is 0.497 e. The van der Waals surface area contributed by atoms with Gasteiger partial charge >= 0.3 is 0 Å². The molecule has 0 fully saturated rings. The Hall–Kier alpha value is -1.75. The van der Waals surface area contributed by atoms with Gasteiger partial charge < -0.3 is 4.74 Å². The lowest BCUT2D eigenvalue weighted by Gasteiger charge is -2.03. The molecule has 0 heterocycles. The maximum Gasteiger partial charge on any atom is 0.137 e. The van der Waals surface area contributed by atoms with Crippen LogP contribution < -0.4 is 4.74 Å². The molecule has 0 saturated heterocycles. The van der Waals surface area contributed by atoms with Crippen molar-refractivity contribution in [3.63, 3.8) is 0 Å². The Morgan fingerprint density at radius 3 is 3.00 bits per heavy atom. The lowest BCUT2D eigenvalue weighted by molar-refractivity contribution is -0.118. The van der Waals surface area contributed by atoms with Crippen LogP contribution in [0, 0.1) is 12.3 Å². The van der Waals surface area contributed by atoms with E-state index < -0.39 is 0 Å². The Kier molecular flexibility index (Phi) is 5.15. The molecule has 1 aromatic carbocycles. The zero-order valence-corrected chi connectivity index (χ0v) is 9.53. The number of carbonyl (C=O) groups is 1. The van der Waals surface area contributed by atoms with Crippen LogP contribution in [-0.4, -0.2) is 12.9 Å². The summed E-state index contributed by atoms with van der Waals surface area (Å²) in [4.78, 5) is 11.6. The van der Waals surface area contributed by atoms with Crippen molar-refractivity contribution in [2.75, 3.05) is 7.11 Å². The van der Waals surface area contributed by atoms with E-state index in [1.165, 1.54) is 0 Å². The van der Waals surface area contributed by atoms with Gasteiger partial charge in [0.25, 0.3) is 0 Å². The number of rotatable bonds is 6. The highest BCUT2D eigenvalue weighted by atomic mass is 16.5. The standard InChI is InChI=1S/C14H16O2/c1-3-4-5-8-13(15)10-12-7-6-9-14(11-12)16-2/h1,6-7,9,11H,4-5,8,10H2,2H3. The van der Waals surface area contributed by atoms with E-state index in [-0.39, 0.29) is 5.78 Å². The molecule has 1 aromatic rings. The number of benzene rings is 1. The van der Waals surface area contributed by atoms with E-state index in [4.69, 9.17) is 11.2 Å². The van der Waals surface area contributed by atoms with Gasteiger partial charge in [0.1, 0.15) is 11.5 Å². The van der Waals surface area contributed by atoms with Gasteiger partial charge in [-0.1, -0.05) is 12.1 Å². The van der Waals surface area contributed by atoms with Gasteiger partial charge in [-0.05, 0) is 24.1 Å². The molecule has 0 aromatic heterocycles. The molecular formula is C14H16O2. The summed E-state index contributed by atoms with van der Waals surface area (Å²) in [6.07, 6.45) is 7.59. The second-order valence-corrected chi connectivity index (χ2v) is 3.62. The Labute approximate surface area is 96.6 Å². The molecule has 0 bridgehead atoms. The molecule has 84 valence electrons. The van der Waals surface area contributed by atoms with Crippen LogP contribution in [0.1, 0.15) is 24.8 Å². The third kappa shape index (κ3) is 4.18. The summed E-state index contributed by atoms with van der Waals surface area (Å²) < 4.78 is 5.10. The predicted octanol–water partition coefficient (Wildman–Crippen LogP) is 2.61. The number of carbonyl (C=O) groups excluding carboxylic acids is 1. The first-order valence-electron chi connectivity index (χ1n) is 5.34.